The second kappa shape index (κ2) is 7.50. The molecular weight excluding hydrogens is 306 g/mol. The molecule has 1 saturated heterocycles. The number of hydrogen-bond acceptors (Lipinski definition) is 6. The van der Waals surface area contributed by atoms with Crippen molar-refractivity contribution in [3.63, 3.8) is 0 Å². The zero-order chi connectivity index (χ0) is 16.1. The second-order valence-electron chi connectivity index (χ2n) is 5.39. The summed E-state index contributed by atoms with van der Waals surface area (Å²) in [4.78, 5) is 27.5. The molecule has 1 atom stereocenters. The number of carbonyl (C=O) groups excluding carboxylic acids is 2. The standard InChI is InChI=1S/C13H21N5O3S/c1-17(2)13(20)18-6-4-5-9(7-18)11(19)14-12-16-15-10(22-12)8-21-3/h9H,4-8H2,1-3H3,(H,14,16,19)/t9-/m1/s1. The van der Waals surface area contributed by atoms with Gasteiger partial charge in [-0.1, -0.05) is 11.3 Å². The number of methoxy groups -OCH3 is 1. The number of aromatic nitrogens is 2. The number of amides is 3. The third-order valence-corrected chi connectivity index (χ3v) is 4.22. The Morgan fingerprint density at radius 3 is 2.91 bits per heavy atom. The van der Waals surface area contributed by atoms with E-state index in [0.29, 0.717) is 29.8 Å². The summed E-state index contributed by atoms with van der Waals surface area (Å²) in [5.41, 5.74) is 0. The van der Waals surface area contributed by atoms with E-state index in [9.17, 15) is 9.59 Å². The fourth-order valence-electron chi connectivity index (χ4n) is 2.34. The number of urea groups is 1. The van der Waals surface area contributed by atoms with Gasteiger partial charge in [0, 0.05) is 34.3 Å². The lowest BCUT2D eigenvalue weighted by Crippen LogP contribution is -2.47. The van der Waals surface area contributed by atoms with Gasteiger partial charge >= 0.3 is 6.03 Å². The Morgan fingerprint density at radius 1 is 1.45 bits per heavy atom. The largest absolute Gasteiger partial charge is 0.377 e. The number of ether oxygens (including phenoxy) is 1. The van der Waals surface area contributed by atoms with Gasteiger partial charge < -0.3 is 19.9 Å². The fraction of sp³-hybridized carbons (Fsp3) is 0.692. The van der Waals surface area contributed by atoms with Crippen LogP contribution in [-0.4, -0.2) is 66.2 Å². The molecule has 1 aliphatic rings. The average Bonchev–Trinajstić information content (AvgIpc) is 2.94. The first-order valence-electron chi connectivity index (χ1n) is 7.09. The van der Waals surface area contributed by atoms with Gasteiger partial charge in [0.15, 0.2) is 0 Å². The van der Waals surface area contributed by atoms with E-state index in [-0.39, 0.29) is 17.9 Å². The van der Waals surface area contributed by atoms with E-state index in [2.05, 4.69) is 15.5 Å². The summed E-state index contributed by atoms with van der Waals surface area (Å²) >= 11 is 1.29. The Bertz CT molecular complexity index is 534. The zero-order valence-corrected chi connectivity index (χ0v) is 13.9. The zero-order valence-electron chi connectivity index (χ0n) is 13.0. The van der Waals surface area contributed by atoms with Crippen molar-refractivity contribution in [1.29, 1.82) is 0 Å². The van der Waals surface area contributed by atoms with Crippen LogP contribution in [0.25, 0.3) is 0 Å². The van der Waals surface area contributed by atoms with Crippen molar-refractivity contribution in [3.05, 3.63) is 5.01 Å². The van der Waals surface area contributed by atoms with Gasteiger partial charge in [-0.2, -0.15) is 0 Å². The Balaban J connectivity index is 1.92. The van der Waals surface area contributed by atoms with Crippen LogP contribution in [0.5, 0.6) is 0 Å². The first-order valence-corrected chi connectivity index (χ1v) is 7.91. The van der Waals surface area contributed by atoms with Crippen molar-refractivity contribution < 1.29 is 14.3 Å². The molecule has 0 bridgehead atoms. The van der Waals surface area contributed by atoms with E-state index < -0.39 is 0 Å². The molecular formula is C13H21N5O3S. The van der Waals surface area contributed by atoms with Gasteiger partial charge in [-0.25, -0.2) is 4.79 Å². The van der Waals surface area contributed by atoms with Crippen LogP contribution in [0.1, 0.15) is 17.8 Å². The molecule has 1 aliphatic heterocycles. The molecule has 0 aromatic carbocycles. The summed E-state index contributed by atoms with van der Waals surface area (Å²) in [6.45, 7) is 1.51. The molecule has 122 valence electrons. The van der Waals surface area contributed by atoms with Crippen molar-refractivity contribution in [3.8, 4) is 0 Å². The molecule has 1 aromatic heterocycles. The van der Waals surface area contributed by atoms with Gasteiger partial charge in [-0.05, 0) is 12.8 Å². The number of hydrogen-bond donors (Lipinski definition) is 1. The van der Waals surface area contributed by atoms with Crippen molar-refractivity contribution in [2.24, 2.45) is 5.92 Å². The maximum absolute atomic E-state index is 12.3. The number of likely N-dealkylation sites (tertiary alicyclic amines) is 1. The molecule has 1 aromatic rings. The number of rotatable bonds is 4. The van der Waals surface area contributed by atoms with E-state index in [1.54, 1.807) is 26.1 Å². The van der Waals surface area contributed by atoms with Crippen LogP contribution in [-0.2, 0) is 16.1 Å². The highest BCUT2D eigenvalue weighted by molar-refractivity contribution is 7.15. The van der Waals surface area contributed by atoms with E-state index in [4.69, 9.17) is 4.74 Å². The smallest absolute Gasteiger partial charge is 0.319 e. The van der Waals surface area contributed by atoms with Crippen LogP contribution < -0.4 is 5.32 Å². The first kappa shape index (κ1) is 16.6. The summed E-state index contributed by atoms with van der Waals surface area (Å²) in [6, 6.07) is -0.0594. The first-order chi connectivity index (χ1) is 10.5. The molecule has 1 N–H and O–H groups in total. The van der Waals surface area contributed by atoms with E-state index in [1.165, 1.54) is 16.2 Å². The van der Waals surface area contributed by atoms with Gasteiger partial charge in [-0.15, -0.1) is 10.2 Å². The molecule has 2 rings (SSSR count). The monoisotopic (exact) mass is 327 g/mol. The SMILES string of the molecule is COCc1nnc(NC(=O)[C@@H]2CCCN(C(=O)N(C)C)C2)s1. The van der Waals surface area contributed by atoms with Crippen molar-refractivity contribution in [1.82, 2.24) is 20.0 Å². The second-order valence-corrected chi connectivity index (χ2v) is 6.45. The highest BCUT2D eigenvalue weighted by atomic mass is 32.1. The van der Waals surface area contributed by atoms with Gasteiger partial charge in [-0.3, -0.25) is 4.79 Å². The fourth-order valence-corrected chi connectivity index (χ4v) is 3.06. The van der Waals surface area contributed by atoms with Crippen LogP contribution in [0.3, 0.4) is 0 Å². The van der Waals surface area contributed by atoms with E-state index >= 15 is 0 Å². The third kappa shape index (κ3) is 4.14. The van der Waals surface area contributed by atoms with Crippen LogP contribution in [0, 0.1) is 5.92 Å². The van der Waals surface area contributed by atoms with Gasteiger partial charge in [0.25, 0.3) is 0 Å². The number of nitrogens with zero attached hydrogens (tertiary/aromatic N) is 4. The van der Waals surface area contributed by atoms with Crippen molar-refractivity contribution in [2.45, 2.75) is 19.4 Å². The normalized spacial score (nSPS) is 18.1. The minimum absolute atomic E-state index is 0.0594. The van der Waals surface area contributed by atoms with Crippen LogP contribution in [0.2, 0.25) is 0 Å². The number of anilines is 1. The molecule has 0 saturated carbocycles. The number of nitrogens with one attached hydrogen (secondary N) is 1. The van der Waals surface area contributed by atoms with Crippen LogP contribution >= 0.6 is 11.3 Å². The third-order valence-electron chi connectivity index (χ3n) is 3.41. The van der Waals surface area contributed by atoms with Crippen molar-refractivity contribution >= 4 is 28.4 Å². The van der Waals surface area contributed by atoms with Crippen LogP contribution in [0.4, 0.5) is 9.93 Å². The Hall–Kier alpha value is -1.74. The summed E-state index contributed by atoms with van der Waals surface area (Å²) in [5.74, 6) is -0.330. The van der Waals surface area contributed by atoms with Gasteiger partial charge in [0.05, 0.1) is 5.92 Å². The Kier molecular flexibility index (Phi) is 5.67. The predicted molar refractivity (Wildman–Crippen MR) is 82.6 cm³/mol. The molecule has 0 spiro atoms. The highest BCUT2D eigenvalue weighted by Gasteiger charge is 2.29. The quantitative estimate of drug-likeness (QED) is 0.892. The van der Waals surface area contributed by atoms with Gasteiger partial charge in [0.1, 0.15) is 11.6 Å². The van der Waals surface area contributed by atoms with E-state index in [0.717, 1.165) is 12.8 Å². The Morgan fingerprint density at radius 2 is 2.23 bits per heavy atom. The molecule has 3 amide bonds. The molecule has 9 heteroatoms. The van der Waals surface area contributed by atoms with Crippen LogP contribution in [0.15, 0.2) is 0 Å². The lowest BCUT2D eigenvalue weighted by molar-refractivity contribution is -0.121. The average molecular weight is 327 g/mol. The summed E-state index contributed by atoms with van der Waals surface area (Å²) in [6.07, 6.45) is 1.59. The summed E-state index contributed by atoms with van der Waals surface area (Å²) in [7, 11) is 5.01. The molecule has 1 fully saturated rings. The Labute approximate surface area is 133 Å². The molecule has 2 heterocycles. The number of carbonyl (C=O) groups is 2. The summed E-state index contributed by atoms with van der Waals surface area (Å²) < 4.78 is 4.97. The highest BCUT2D eigenvalue weighted by Crippen LogP contribution is 2.21. The molecule has 0 unspecified atom stereocenters. The maximum atomic E-state index is 12.3. The number of piperidine rings is 1. The summed E-state index contributed by atoms with van der Waals surface area (Å²) in [5, 5.41) is 11.8. The molecule has 0 radical (unpaired) electrons. The minimum atomic E-state index is -0.215. The van der Waals surface area contributed by atoms with E-state index in [1.807, 2.05) is 0 Å². The molecule has 8 nitrogen and oxygen atoms in total. The molecule has 0 aliphatic carbocycles. The lowest BCUT2D eigenvalue weighted by atomic mass is 9.97. The predicted octanol–water partition coefficient (Wildman–Crippen LogP) is 1.02. The van der Waals surface area contributed by atoms with Gasteiger partial charge in [0.2, 0.25) is 11.0 Å². The maximum Gasteiger partial charge on any atom is 0.319 e. The minimum Gasteiger partial charge on any atom is -0.377 e. The van der Waals surface area contributed by atoms with Crippen molar-refractivity contribution in [2.75, 3.05) is 39.6 Å². The molecule has 22 heavy (non-hydrogen) atoms. The topological polar surface area (TPSA) is 87.7 Å². The lowest BCUT2D eigenvalue weighted by Gasteiger charge is -2.33.